The van der Waals surface area contributed by atoms with Gasteiger partial charge >= 0.3 is 0 Å². The van der Waals surface area contributed by atoms with Gasteiger partial charge in [0.2, 0.25) is 5.09 Å². The van der Waals surface area contributed by atoms with E-state index in [9.17, 15) is 13.2 Å². The zero-order chi connectivity index (χ0) is 19.4. The highest BCUT2D eigenvalue weighted by Gasteiger charge is 2.26. The summed E-state index contributed by atoms with van der Waals surface area (Å²) in [6.07, 6.45) is -0.319. The molecule has 1 aromatic carbocycles. The largest absolute Gasteiger partial charge is 0.438 e. The Balaban J connectivity index is 2.04. The van der Waals surface area contributed by atoms with Crippen molar-refractivity contribution in [2.45, 2.75) is 37.5 Å². The molecule has 0 bridgehead atoms. The minimum atomic E-state index is -3.83. The van der Waals surface area contributed by atoms with Gasteiger partial charge in [0.15, 0.2) is 5.76 Å². The molecule has 2 aromatic rings. The molecule has 0 saturated carbocycles. The molecule has 1 aromatic heterocycles. The summed E-state index contributed by atoms with van der Waals surface area (Å²) in [4.78, 5) is 12.2. The number of amides is 1. The quantitative estimate of drug-likeness (QED) is 0.769. The number of hydrogen-bond acceptors (Lipinski definition) is 5. The normalized spacial score (nSPS) is 13.4. The molecule has 8 heteroatoms. The summed E-state index contributed by atoms with van der Waals surface area (Å²) in [5, 5.41) is 2.39. The highest BCUT2D eigenvalue weighted by atomic mass is 32.2. The van der Waals surface area contributed by atoms with E-state index in [-0.39, 0.29) is 23.5 Å². The topological polar surface area (TPSA) is 97.6 Å². The van der Waals surface area contributed by atoms with Crippen molar-refractivity contribution in [1.29, 1.82) is 0 Å². The number of carbonyl (C=O) groups excluding carboxylic acids is 1. The molecule has 7 nitrogen and oxygen atoms in total. The lowest BCUT2D eigenvalue weighted by Crippen LogP contribution is -2.40. The summed E-state index contributed by atoms with van der Waals surface area (Å²) < 4.78 is 37.5. The number of hydrogen-bond donors (Lipinski definition) is 2. The SMILES string of the molecule is CO[C@@H](CNC(=O)c1ccc(S(=O)(=O)NC(C)(C)C)o1)c1ccccc1. The van der Waals surface area contributed by atoms with Gasteiger partial charge in [-0.2, -0.15) is 0 Å². The molecule has 0 fully saturated rings. The summed E-state index contributed by atoms with van der Waals surface area (Å²) in [7, 11) is -2.28. The highest BCUT2D eigenvalue weighted by Crippen LogP contribution is 2.18. The van der Waals surface area contributed by atoms with E-state index in [4.69, 9.17) is 9.15 Å². The first-order valence-electron chi connectivity index (χ1n) is 8.12. The predicted octanol–water partition coefficient (Wildman–Crippen LogP) is 2.47. The van der Waals surface area contributed by atoms with Crippen molar-refractivity contribution in [3.8, 4) is 0 Å². The Morgan fingerprint density at radius 3 is 2.38 bits per heavy atom. The van der Waals surface area contributed by atoms with E-state index < -0.39 is 21.5 Å². The van der Waals surface area contributed by atoms with Crippen LogP contribution in [-0.2, 0) is 14.8 Å². The fourth-order valence-corrected chi connectivity index (χ4v) is 3.67. The number of nitrogens with one attached hydrogen (secondary N) is 2. The van der Waals surface area contributed by atoms with Crippen LogP contribution in [0, 0.1) is 0 Å². The molecule has 0 saturated heterocycles. The molecule has 0 radical (unpaired) electrons. The van der Waals surface area contributed by atoms with Crippen molar-refractivity contribution in [3.63, 3.8) is 0 Å². The number of furan rings is 1. The van der Waals surface area contributed by atoms with E-state index in [0.29, 0.717) is 0 Å². The second-order valence-corrected chi connectivity index (χ2v) is 8.43. The van der Waals surface area contributed by atoms with E-state index in [1.807, 2.05) is 30.3 Å². The number of methoxy groups -OCH3 is 1. The first-order valence-corrected chi connectivity index (χ1v) is 9.60. The zero-order valence-electron chi connectivity index (χ0n) is 15.3. The Kier molecular flexibility index (Phi) is 6.22. The first kappa shape index (κ1) is 20.2. The fraction of sp³-hybridized carbons (Fsp3) is 0.389. The lowest BCUT2D eigenvalue weighted by Gasteiger charge is -2.19. The Hall–Kier alpha value is -2.16. The molecule has 142 valence electrons. The summed E-state index contributed by atoms with van der Waals surface area (Å²) in [6.45, 7) is 5.38. The summed E-state index contributed by atoms with van der Waals surface area (Å²) in [6, 6.07) is 12.0. The summed E-state index contributed by atoms with van der Waals surface area (Å²) in [5.74, 6) is -0.595. The molecule has 1 amide bonds. The molecule has 1 atom stereocenters. The molecular weight excluding hydrogens is 356 g/mol. The number of carbonyl (C=O) groups is 1. The Labute approximate surface area is 153 Å². The molecule has 0 aliphatic rings. The Bertz CT molecular complexity index is 838. The fourth-order valence-electron chi connectivity index (χ4n) is 2.32. The molecule has 0 spiro atoms. The maximum absolute atomic E-state index is 12.2. The molecule has 26 heavy (non-hydrogen) atoms. The molecule has 0 aliphatic carbocycles. The molecule has 0 unspecified atom stereocenters. The average Bonchev–Trinajstić information content (AvgIpc) is 3.05. The molecule has 2 rings (SSSR count). The van der Waals surface area contributed by atoms with Gasteiger partial charge in [-0.15, -0.1) is 0 Å². The van der Waals surface area contributed by atoms with Gasteiger partial charge in [-0.05, 0) is 38.5 Å². The van der Waals surface area contributed by atoms with E-state index in [2.05, 4.69) is 10.0 Å². The van der Waals surface area contributed by atoms with Gasteiger partial charge in [0, 0.05) is 19.2 Å². The van der Waals surface area contributed by atoms with Gasteiger partial charge < -0.3 is 14.5 Å². The second-order valence-electron chi connectivity index (χ2n) is 6.82. The van der Waals surface area contributed by atoms with E-state index in [0.717, 1.165) is 5.56 Å². The zero-order valence-corrected chi connectivity index (χ0v) is 16.1. The van der Waals surface area contributed by atoms with Crippen LogP contribution < -0.4 is 10.0 Å². The van der Waals surface area contributed by atoms with E-state index in [1.54, 1.807) is 27.9 Å². The lowest BCUT2D eigenvalue weighted by atomic mass is 10.1. The molecule has 2 N–H and O–H groups in total. The number of ether oxygens (including phenoxy) is 1. The third-order valence-electron chi connectivity index (χ3n) is 3.41. The van der Waals surface area contributed by atoms with Gasteiger partial charge in [0.25, 0.3) is 15.9 Å². The summed E-state index contributed by atoms with van der Waals surface area (Å²) in [5.41, 5.74) is 0.266. The molecular formula is C18H24N2O5S. The third-order valence-corrected chi connectivity index (χ3v) is 5.04. The van der Waals surface area contributed by atoms with Crippen LogP contribution in [0.3, 0.4) is 0 Å². The maximum atomic E-state index is 12.2. The van der Waals surface area contributed by atoms with Crippen molar-refractivity contribution in [1.82, 2.24) is 10.0 Å². The van der Waals surface area contributed by atoms with Crippen LogP contribution in [0.4, 0.5) is 0 Å². The van der Waals surface area contributed by atoms with Crippen LogP contribution in [0.25, 0.3) is 0 Å². The highest BCUT2D eigenvalue weighted by molar-refractivity contribution is 7.89. The lowest BCUT2D eigenvalue weighted by molar-refractivity contribution is 0.0803. The minimum absolute atomic E-state index is 0.0813. The molecule has 0 aliphatic heterocycles. The smallest absolute Gasteiger partial charge is 0.287 e. The van der Waals surface area contributed by atoms with Crippen LogP contribution in [0.1, 0.15) is 43.0 Å². The Morgan fingerprint density at radius 2 is 1.81 bits per heavy atom. The number of sulfonamides is 1. The van der Waals surface area contributed by atoms with Gasteiger partial charge in [0.05, 0.1) is 6.10 Å². The van der Waals surface area contributed by atoms with Gasteiger partial charge in [-0.25, -0.2) is 13.1 Å². The van der Waals surface area contributed by atoms with Crippen LogP contribution >= 0.6 is 0 Å². The summed E-state index contributed by atoms with van der Waals surface area (Å²) >= 11 is 0. The molecule has 1 heterocycles. The van der Waals surface area contributed by atoms with Crippen molar-refractivity contribution >= 4 is 15.9 Å². The maximum Gasteiger partial charge on any atom is 0.287 e. The number of rotatable bonds is 7. The standard InChI is InChI=1S/C18H24N2O5S/c1-18(2,3)20-26(22,23)16-11-10-14(25-16)17(21)19-12-15(24-4)13-8-6-5-7-9-13/h5-11,15,20H,12H2,1-4H3,(H,19,21)/t15-/m0/s1. The third kappa shape index (κ3) is 5.42. The second kappa shape index (κ2) is 8.03. The van der Waals surface area contributed by atoms with Gasteiger partial charge in [-0.1, -0.05) is 30.3 Å². The van der Waals surface area contributed by atoms with Crippen molar-refractivity contribution in [2.24, 2.45) is 0 Å². The van der Waals surface area contributed by atoms with Crippen LogP contribution in [0.15, 0.2) is 52.0 Å². The van der Waals surface area contributed by atoms with Crippen LogP contribution in [0.2, 0.25) is 0 Å². The van der Waals surface area contributed by atoms with Crippen molar-refractivity contribution < 1.29 is 22.4 Å². The van der Waals surface area contributed by atoms with Crippen LogP contribution in [0.5, 0.6) is 0 Å². The van der Waals surface area contributed by atoms with E-state index in [1.165, 1.54) is 12.1 Å². The number of benzene rings is 1. The van der Waals surface area contributed by atoms with Gasteiger partial charge in [0.1, 0.15) is 0 Å². The monoisotopic (exact) mass is 380 g/mol. The van der Waals surface area contributed by atoms with Gasteiger partial charge in [-0.3, -0.25) is 4.79 Å². The predicted molar refractivity (Wildman–Crippen MR) is 97.3 cm³/mol. The van der Waals surface area contributed by atoms with Crippen molar-refractivity contribution in [2.75, 3.05) is 13.7 Å². The minimum Gasteiger partial charge on any atom is -0.438 e. The Morgan fingerprint density at radius 1 is 1.15 bits per heavy atom. The van der Waals surface area contributed by atoms with E-state index >= 15 is 0 Å². The first-order chi connectivity index (χ1) is 12.1. The average molecular weight is 380 g/mol. The van der Waals surface area contributed by atoms with Crippen molar-refractivity contribution in [3.05, 3.63) is 53.8 Å². The van der Waals surface area contributed by atoms with Crippen LogP contribution in [-0.4, -0.2) is 33.5 Å².